The van der Waals surface area contributed by atoms with Crippen LogP contribution in [0.4, 0.5) is 0 Å². The molecule has 40 heavy (non-hydrogen) atoms. The minimum atomic E-state index is -0.0412. The van der Waals surface area contributed by atoms with Crippen molar-refractivity contribution in [3.63, 3.8) is 0 Å². The van der Waals surface area contributed by atoms with E-state index in [0.717, 1.165) is 36.9 Å². The summed E-state index contributed by atoms with van der Waals surface area (Å²) in [7, 11) is 4.94. The number of hydrogen-bond acceptors (Lipinski definition) is 6. The van der Waals surface area contributed by atoms with Gasteiger partial charge in [-0.05, 0) is 77.8 Å². The lowest BCUT2D eigenvalue weighted by molar-refractivity contribution is -0.123. The number of benzene rings is 3. The van der Waals surface area contributed by atoms with E-state index in [9.17, 15) is 4.79 Å². The Hall–Kier alpha value is -3.97. The third-order valence-corrected chi connectivity index (χ3v) is 7.94. The van der Waals surface area contributed by atoms with E-state index in [4.69, 9.17) is 18.9 Å². The van der Waals surface area contributed by atoms with E-state index in [1.54, 1.807) is 27.4 Å². The average molecular weight is 543 g/mol. The van der Waals surface area contributed by atoms with Gasteiger partial charge in [0, 0.05) is 12.6 Å². The van der Waals surface area contributed by atoms with Gasteiger partial charge in [-0.2, -0.15) is 0 Å². The fourth-order valence-electron chi connectivity index (χ4n) is 5.97. The van der Waals surface area contributed by atoms with Crippen LogP contribution in [0.15, 0.2) is 67.3 Å². The van der Waals surface area contributed by atoms with E-state index in [2.05, 4.69) is 53.2 Å². The largest absolute Gasteiger partial charge is 0.493 e. The van der Waals surface area contributed by atoms with Gasteiger partial charge in [0.05, 0.1) is 33.9 Å². The van der Waals surface area contributed by atoms with Crippen LogP contribution in [0.25, 0.3) is 0 Å². The molecule has 3 aromatic rings. The first-order chi connectivity index (χ1) is 19.5. The molecular formula is C33H38N2O5. The van der Waals surface area contributed by atoms with E-state index in [1.807, 2.05) is 18.2 Å². The van der Waals surface area contributed by atoms with Gasteiger partial charge >= 0.3 is 0 Å². The fraction of sp³-hybridized carbons (Fsp3) is 0.364. The Bertz CT molecular complexity index is 1370. The van der Waals surface area contributed by atoms with Crippen molar-refractivity contribution < 1.29 is 23.7 Å². The van der Waals surface area contributed by atoms with Crippen LogP contribution in [0, 0.1) is 0 Å². The van der Waals surface area contributed by atoms with Crippen molar-refractivity contribution in [1.82, 2.24) is 10.2 Å². The van der Waals surface area contributed by atoms with Gasteiger partial charge in [0.2, 0.25) is 5.91 Å². The summed E-state index contributed by atoms with van der Waals surface area (Å²) in [6, 6.07) is 18.6. The van der Waals surface area contributed by atoms with Crippen LogP contribution in [0.5, 0.6) is 23.0 Å². The molecular weight excluding hydrogens is 504 g/mol. The summed E-state index contributed by atoms with van der Waals surface area (Å²) in [5.74, 6) is 2.79. The zero-order valence-corrected chi connectivity index (χ0v) is 23.6. The Morgan fingerprint density at radius 2 is 1.70 bits per heavy atom. The molecule has 2 unspecified atom stereocenters. The summed E-state index contributed by atoms with van der Waals surface area (Å²) < 4.78 is 22.6. The quantitative estimate of drug-likeness (QED) is 0.335. The molecule has 1 aliphatic heterocycles. The van der Waals surface area contributed by atoms with Crippen LogP contribution in [-0.2, 0) is 24.1 Å². The van der Waals surface area contributed by atoms with E-state index < -0.39 is 0 Å². The van der Waals surface area contributed by atoms with Crippen molar-refractivity contribution in [3.8, 4) is 23.0 Å². The molecule has 0 spiro atoms. The topological polar surface area (TPSA) is 69.3 Å². The van der Waals surface area contributed by atoms with Crippen molar-refractivity contribution in [2.75, 3.05) is 41.0 Å². The Morgan fingerprint density at radius 1 is 0.925 bits per heavy atom. The van der Waals surface area contributed by atoms with Crippen molar-refractivity contribution >= 4 is 5.91 Å². The number of nitrogens with one attached hydrogen (secondary N) is 1. The highest BCUT2D eigenvalue weighted by Crippen LogP contribution is 2.40. The highest BCUT2D eigenvalue weighted by Gasteiger charge is 2.32. The summed E-state index contributed by atoms with van der Waals surface area (Å²) in [5.41, 5.74) is 5.99. The summed E-state index contributed by atoms with van der Waals surface area (Å²) >= 11 is 0. The van der Waals surface area contributed by atoms with E-state index >= 15 is 0 Å². The minimum absolute atomic E-state index is 0.0408. The molecule has 7 heteroatoms. The fourth-order valence-corrected chi connectivity index (χ4v) is 5.97. The van der Waals surface area contributed by atoms with Crippen LogP contribution >= 0.6 is 0 Å². The maximum absolute atomic E-state index is 13.4. The molecule has 0 bridgehead atoms. The number of nitrogens with zero attached hydrogens (tertiary/aromatic N) is 1. The van der Waals surface area contributed by atoms with Gasteiger partial charge in [-0.3, -0.25) is 9.69 Å². The smallest absolute Gasteiger partial charge is 0.234 e. The van der Waals surface area contributed by atoms with Gasteiger partial charge in [-0.15, -0.1) is 0 Å². The van der Waals surface area contributed by atoms with Gasteiger partial charge in [0.15, 0.2) is 23.0 Å². The molecule has 210 valence electrons. The number of amides is 1. The Balaban J connectivity index is 1.44. The maximum Gasteiger partial charge on any atom is 0.234 e. The summed E-state index contributed by atoms with van der Waals surface area (Å²) in [6.45, 7) is 5.23. The van der Waals surface area contributed by atoms with Gasteiger partial charge < -0.3 is 24.3 Å². The number of carbonyl (C=O) groups excluding carboxylic acids is 1. The number of carbonyl (C=O) groups is 1. The van der Waals surface area contributed by atoms with E-state index in [0.29, 0.717) is 42.6 Å². The predicted molar refractivity (Wildman–Crippen MR) is 156 cm³/mol. The third-order valence-electron chi connectivity index (χ3n) is 7.94. The molecule has 0 radical (unpaired) electrons. The molecule has 3 aromatic carbocycles. The van der Waals surface area contributed by atoms with Crippen molar-refractivity contribution in [2.45, 2.75) is 37.8 Å². The van der Waals surface area contributed by atoms with Crippen LogP contribution in [-0.4, -0.2) is 51.8 Å². The van der Waals surface area contributed by atoms with E-state index in [-0.39, 0.29) is 18.0 Å². The lowest BCUT2D eigenvalue weighted by Crippen LogP contribution is -2.44. The summed E-state index contributed by atoms with van der Waals surface area (Å²) in [4.78, 5) is 15.7. The van der Waals surface area contributed by atoms with Crippen molar-refractivity contribution in [2.24, 2.45) is 0 Å². The number of ether oxygens (including phenoxy) is 4. The lowest BCUT2D eigenvalue weighted by Gasteiger charge is -2.38. The number of methoxy groups -OCH3 is 3. The molecule has 1 heterocycles. The molecule has 1 aliphatic carbocycles. The normalized spacial score (nSPS) is 17.9. The molecule has 2 atom stereocenters. The second-order valence-corrected chi connectivity index (χ2v) is 10.3. The van der Waals surface area contributed by atoms with Crippen LogP contribution in [0.2, 0.25) is 0 Å². The first-order valence-corrected chi connectivity index (χ1v) is 13.8. The van der Waals surface area contributed by atoms with Crippen LogP contribution in [0.1, 0.15) is 46.3 Å². The molecule has 1 amide bonds. The van der Waals surface area contributed by atoms with Gasteiger partial charge in [-0.25, -0.2) is 0 Å². The third kappa shape index (κ3) is 5.80. The second-order valence-electron chi connectivity index (χ2n) is 10.3. The Morgan fingerprint density at radius 3 is 2.48 bits per heavy atom. The van der Waals surface area contributed by atoms with Gasteiger partial charge in [-0.1, -0.05) is 43.0 Å². The maximum atomic E-state index is 13.4. The molecule has 7 nitrogen and oxygen atoms in total. The monoisotopic (exact) mass is 542 g/mol. The summed E-state index contributed by atoms with van der Waals surface area (Å²) in [5, 5.41) is 3.31. The van der Waals surface area contributed by atoms with Gasteiger partial charge in [0.1, 0.15) is 6.61 Å². The second kappa shape index (κ2) is 12.5. The van der Waals surface area contributed by atoms with Gasteiger partial charge in [0.25, 0.3) is 0 Å². The number of fused-ring (bicyclic) bond motifs is 2. The van der Waals surface area contributed by atoms with Crippen LogP contribution in [0.3, 0.4) is 0 Å². The van der Waals surface area contributed by atoms with E-state index in [1.165, 1.54) is 16.7 Å². The zero-order valence-electron chi connectivity index (χ0n) is 23.6. The zero-order chi connectivity index (χ0) is 28.1. The SMILES string of the molecule is C=CCOc1cc2c(cc1OC)CCN(CC(=O)NC1CCc3ccccc31)C2Cc1ccc(OC)c(OC)c1. The molecule has 0 aromatic heterocycles. The molecule has 1 N–H and O–H groups in total. The molecule has 0 fully saturated rings. The molecule has 0 saturated carbocycles. The van der Waals surface area contributed by atoms with Crippen LogP contribution < -0.4 is 24.3 Å². The van der Waals surface area contributed by atoms with Crippen molar-refractivity contribution in [1.29, 1.82) is 0 Å². The lowest BCUT2D eigenvalue weighted by atomic mass is 9.88. The first-order valence-electron chi connectivity index (χ1n) is 13.8. The highest BCUT2D eigenvalue weighted by molar-refractivity contribution is 5.79. The van der Waals surface area contributed by atoms with Crippen molar-refractivity contribution in [3.05, 3.63) is 95.1 Å². The number of hydrogen-bond donors (Lipinski definition) is 1. The standard InChI is InChI=1S/C33H38N2O5/c1-5-16-40-32-20-26-24(19-31(32)39-4)14-15-35(28(26)17-22-10-13-29(37-2)30(18-22)38-3)21-33(36)34-27-12-11-23-8-6-7-9-25(23)27/h5-10,13,18-20,27-28H,1,11-12,14-17,21H2,2-4H3,(H,34,36). The minimum Gasteiger partial charge on any atom is -0.493 e. The Labute approximate surface area is 236 Å². The summed E-state index contributed by atoms with van der Waals surface area (Å²) in [6.07, 6.45) is 5.16. The molecule has 5 rings (SSSR count). The predicted octanol–water partition coefficient (Wildman–Crippen LogP) is 5.22. The average Bonchev–Trinajstić information content (AvgIpc) is 3.39. The number of aryl methyl sites for hydroxylation is 1. The highest BCUT2D eigenvalue weighted by atomic mass is 16.5. The molecule has 2 aliphatic rings. The number of rotatable bonds is 11. The first kappa shape index (κ1) is 27.6. The Kier molecular flexibility index (Phi) is 8.60. The molecule has 0 saturated heterocycles.